The summed E-state index contributed by atoms with van der Waals surface area (Å²) in [5, 5.41) is 0. The number of aromatic nitrogens is 1. The van der Waals surface area contributed by atoms with E-state index in [1.165, 1.54) is 48.5 Å². The molecule has 1 aromatic heterocycles. The Balaban J connectivity index is 2.46. The van der Waals surface area contributed by atoms with Gasteiger partial charge in [-0.3, -0.25) is 19.7 Å². The highest BCUT2D eigenvalue weighted by Crippen LogP contribution is 2.40. The lowest BCUT2D eigenvalue weighted by molar-refractivity contribution is -0.186. The van der Waals surface area contributed by atoms with Crippen LogP contribution in [0.5, 0.6) is 0 Å². The summed E-state index contributed by atoms with van der Waals surface area (Å²) >= 11 is 0. The van der Waals surface area contributed by atoms with E-state index in [4.69, 9.17) is 5.73 Å². The van der Waals surface area contributed by atoms with E-state index in [1.807, 2.05) is 0 Å². The van der Waals surface area contributed by atoms with Crippen LogP contribution in [0.3, 0.4) is 0 Å². The predicted molar refractivity (Wildman–Crippen MR) is 112 cm³/mol. The van der Waals surface area contributed by atoms with Gasteiger partial charge < -0.3 is 5.73 Å². The maximum Gasteiger partial charge on any atom is 0.408 e. The zero-order valence-electron chi connectivity index (χ0n) is 17.3. The molecule has 166 valence electrons. The molecule has 2 N–H and O–H groups in total. The van der Waals surface area contributed by atoms with E-state index in [2.05, 4.69) is 16.6 Å². The second-order valence-electron chi connectivity index (χ2n) is 7.12. The predicted octanol–water partition coefficient (Wildman–Crippen LogP) is 4.58. The van der Waals surface area contributed by atoms with Crippen LogP contribution in [0, 0.1) is 0 Å². The number of aliphatic imine (C=N–C) groups is 1. The third-order valence-corrected chi connectivity index (χ3v) is 4.78. The normalized spacial score (nSPS) is 17.9. The molecule has 0 bridgehead atoms. The van der Waals surface area contributed by atoms with E-state index in [0.29, 0.717) is 16.7 Å². The molecule has 0 spiro atoms. The number of hydrogen-bond acceptors (Lipinski definition) is 4. The van der Waals surface area contributed by atoms with Gasteiger partial charge in [0.15, 0.2) is 0 Å². The molecular formula is C22H24F4N4O. The van der Waals surface area contributed by atoms with Gasteiger partial charge in [-0.2, -0.15) is 13.2 Å². The average molecular weight is 436 g/mol. The Labute approximate surface area is 178 Å². The van der Waals surface area contributed by atoms with Crippen LogP contribution in [0.4, 0.5) is 17.6 Å². The summed E-state index contributed by atoms with van der Waals surface area (Å²) in [5.41, 5.74) is 7.13. The van der Waals surface area contributed by atoms with Gasteiger partial charge in [-0.15, -0.1) is 0 Å². The van der Waals surface area contributed by atoms with Crippen molar-refractivity contribution in [2.24, 2.45) is 10.7 Å². The topological polar surface area (TPSA) is 71.6 Å². The quantitative estimate of drug-likeness (QED) is 0.387. The number of hydrogen-bond donors (Lipinski definition) is 1. The number of pyridine rings is 1. The van der Waals surface area contributed by atoms with E-state index < -0.39 is 24.0 Å². The Morgan fingerprint density at radius 2 is 2.06 bits per heavy atom. The van der Waals surface area contributed by atoms with Gasteiger partial charge in [-0.25, -0.2) is 4.39 Å². The van der Waals surface area contributed by atoms with Crippen molar-refractivity contribution in [3.8, 4) is 0 Å². The number of alkyl halides is 3. The summed E-state index contributed by atoms with van der Waals surface area (Å²) < 4.78 is 54.8. The first kappa shape index (κ1) is 24.2. The molecule has 0 saturated heterocycles. The summed E-state index contributed by atoms with van der Waals surface area (Å²) in [7, 11) is 0. The molecule has 9 heteroatoms. The second kappa shape index (κ2) is 10.3. The molecule has 5 nitrogen and oxygen atoms in total. The third-order valence-electron chi connectivity index (χ3n) is 4.78. The molecule has 0 radical (unpaired) electrons. The minimum absolute atomic E-state index is 0.00939. The molecule has 0 saturated carbocycles. The van der Waals surface area contributed by atoms with Crippen LogP contribution >= 0.6 is 0 Å². The number of carbonyl (C=O) groups is 1. The van der Waals surface area contributed by atoms with Crippen molar-refractivity contribution in [1.82, 2.24) is 9.88 Å². The number of primary amides is 1. The second-order valence-corrected chi connectivity index (χ2v) is 7.12. The van der Waals surface area contributed by atoms with Crippen molar-refractivity contribution >= 4 is 12.1 Å². The molecule has 2 heterocycles. The lowest BCUT2D eigenvalue weighted by Crippen LogP contribution is -2.42. The fourth-order valence-corrected chi connectivity index (χ4v) is 3.30. The summed E-state index contributed by atoms with van der Waals surface area (Å²) in [6.45, 7) is 6.90. The van der Waals surface area contributed by atoms with Crippen LogP contribution in [0.1, 0.15) is 31.9 Å². The summed E-state index contributed by atoms with van der Waals surface area (Å²) in [5.74, 6) is -1.22. The van der Waals surface area contributed by atoms with Crippen molar-refractivity contribution in [2.75, 3.05) is 13.1 Å². The number of nitrogens with zero attached hydrogens (tertiary/aromatic N) is 3. The van der Waals surface area contributed by atoms with Gasteiger partial charge in [0.05, 0.1) is 17.7 Å². The molecule has 0 fully saturated rings. The van der Waals surface area contributed by atoms with Crippen LogP contribution in [0.2, 0.25) is 0 Å². The summed E-state index contributed by atoms with van der Waals surface area (Å²) in [6, 6.07) is 0.930. The van der Waals surface area contributed by atoms with Crippen molar-refractivity contribution in [1.29, 1.82) is 0 Å². The Hall–Kier alpha value is -3.07. The molecule has 0 aliphatic carbocycles. The van der Waals surface area contributed by atoms with E-state index >= 15 is 0 Å². The minimum Gasteiger partial charge on any atom is -0.365 e. The van der Waals surface area contributed by atoms with E-state index in [1.54, 1.807) is 6.92 Å². The molecular weight excluding hydrogens is 412 g/mol. The molecule has 1 aromatic rings. The molecule has 1 atom stereocenters. The standard InChI is InChI=1S/C22H24F4N4O/c1-14(6-7-15(2)23)16(3)18-8-10-30(13-19(18)29-12-20(27)31)21(22(24,25)26)17-5-4-9-28-11-17/h4-7,9,11-12,21H,3,8,10,13H2,1-2H3,(H2,27,31)/b14-6+,15-7+,29-12+. The smallest absolute Gasteiger partial charge is 0.365 e. The van der Waals surface area contributed by atoms with Gasteiger partial charge in [-0.1, -0.05) is 18.7 Å². The van der Waals surface area contributed by atoms with Gasteiger partial charge in [-0.05, 0) is 54.7 Å². The largest absolute Gasteiger partial charge is 0.408 e. The van der Waals surface area contributed by atoms with Crippen LogP contribution in [0.15, 0.2) is 76.5 Å². The summed E-state index contributed by atoms with van der Waals surface area (Å²) in [6.07, 6.45) is 1.91. The lowest BCUT2D eigenvalue weighted by Gasteiger charge is -2.37. The van der Waals surface area contributed by atoms with Crippen molar-refractivity contribution in [3.05, 3.63) is 77.1 Å². The minimum atomic E-state index is -4.55. The van der Waals surface area contributed by atoms with Crippen molar-refractivity contribution in [3.63, 3.8) is 0 Å². The maximum absolute atomic E-state index is 13.9. The van der Waals surface area contributed by atoms with Gasteiger partial charge in [0.1, 0.15) is 6.04 Å². The van der Waals surface area contributed by atoms with E-state index in [0.717, 1.165) is 6.21 Å². The summed E-state index contributed by atoms with van der Waals surface area (Å²) in [4.78, 5) is 20.3. The first-order valence-corrected chi connectivity index (χ1v) is 9.47. The number of rotatable bonds is 7. The number of halogens is 4. The maximum atomic E-state index is 13.9. The Morgan fingerprint density at radius 3 is 2.61 bits per heavy atom. The van der Waals surface area contributed by atoms with Gasteiger partial charge in [0.2, 0.25) is 0 Å². The number of allylic oxidation sites excluding steroid dienone is 5. The number of carbonyl (C=O) groups excluding carboxylic acids is 1. The third kappa shape index (κ3) is 6.71. The molecule has 1 amide bonds. The van der Waals surface area contributed by atoms with E-state index in [-0.39, 0.29) is 30.8 Å². The highest BCUT2D eigenvalue weighted by atomic mass is 19.4. The highest BCUT2D eigenvalue weighted by Gasteiger charge is 2.45. The molecule has 1 aliphatic rings. The van der Waals surface area contributed by atoms with Gasteiger partial charge >= 0.3 is 6.18 Å². The zero-order valence-corrected chi connectivity index (χ0v) is 17.3. The number of amides is 1. The lowest BCUT2D eigenvalue weighted by atomic mass is 9.92. The zero-order chi connectivity index (χ0) is 23.2. The van der Waals surface area contributed by atoms with Crippen molar-refractivity contribution < 1.29 is 22.4 Å². The fraction of sp³-hybridized carbons (Fsp3) is 0.318. The van der Waals surface area contributed by atoms with Crippen LogP contribution in [0.25, 0.3) is 0 Å². The van der Waals surface area contributed by atoms with Crippen LogP contribution < -0.4 is 5.73 Å². The Kier molecular flexibility index (Phi) is 8.04. The van der Waals surface area contributed by atoms with Crippen LogP contribution in [-0.4, -0.2) is 41.3 Å². The highest BCUT2D eigenvalue weighted by molar-refractivity contribution is 6.25. The molecule has 1 aliphatic heterocycles. The first-order chi connectivity index (χ1) is 14.5. The fourth-order valence-electron chi connectivity index (χ4n) is 3.30. The molecule has 0 aromatic carbocycles. The van der Waals surface area contributed by atoms with Crippen LogP contribution in [-0.2, 0) is 4.79 Å². The van der Waals surface area contributed by atoms with Gasteiger partial charge in [0.25, 0.3) is 5.91 Å². The average Bonchev–Trinajstić information content (AvgIpc) is 2.70. The SMILES string of the molecule is C=C(C1=C(/N=C/C(N)=O)CN(C(c2cccnc2)C(F)(F)F)CC1)/C(C)=C/C=C(\C)F. The monoisotopic (exact) mass is 436 g/mol. The first-order valence-electron chi connectivity index (χ1n) is 9.47. The molecule has 31 heavy (non-hydrogen) atoms. The number of nitrogens with two attached hydrogens (primary N) is 1. The molecule has 2 rings (SSSR count). The van der Waals surface area contributed by atoms with Crippen molar-refractivity contribution in [2.45, 2.75) is 32.5 Å². The van der Waals surface area contributed by atoms with Gasteiger partial charge in [0, 0.05) is 25.5 Å². The molecule has 1 unspecified atom stereocenters. The van der Waals surface area contributed by atoms with E-state index in [9.17, 15) is 22.4 Å². The Morgan fingerprint density at radius 1 is 1.35 bits per heavy atom. The Bertz CT molecular complexity index is 942.